The van der Waals surface area contributed by atoms with E-state index in [1.807, 2.05) is 31.2 Å². The van der Waals surface area contributed by atoms with E-state index in [4.69, 9.17) is 28.4 Å². The van der Waals surface area contributed by atoms with E-state index < -0.39 is 11.9 Å². The van der Waals surface area contributed by atoms with Crippen LogP contribution in [0.1, 0.15) is 55.6 Å². The zero-order valence-corrected chi connectivity index (χ0v) is 24.2. The average molecular weight is 564 g/mol. The zero-order valence-electron chi connectivity index (χ0n) is 24.2. The van der Waals surface area contributed by atoms with Crippen LogP contribution in [0, 0.1) is 0 Å². The van der Waals surface area contributed by atoms with Crippen LogP contribution < -0.4 is 24.3 Å². The maximum absolute atomic E-state index is 14.0. The highest BCUT2D eigenvalue weighted by atomic mass is 16.6. The Morgan fingerprint density at radius 2 is 1.68 bits per heavy atom. The molecule has 1 saturated heterocycles. The monoisotopic (exact) mass is 563 g/mol. The first-order chi connectivity index (χ1) is 19.9. The molecule has 41 heavy (non-hydrogen) atoms. The summed E-state index contributed by atoms with van der Waals surface area (Å²) in [6.07, 6.45) is 2.52. The summed E-state index contributed by atoms with van der Waals surface area (Å²) in [4.78, 5) is 27.8. The molecule has 3 aliphatic rings. The number of dihydropyridines is 1. The number of nitrogens with one attached hydrogen (secondary N) is 1. The van der Waals surface area contributed by atoms with Gasteiger partial charge in [-0.05, 0) is 55.5 Å². The number of carbonyl (C=O) groups excluding carboxylic acids is 2. The van der Waals surface area contributed by atoms with Gasteiger partial charge in [-0.1, -0.05) is 18.2 Å². The van der Waals surface area contributed by atoms with Gasteiger partial charge in [0.25, 0.3) is 0 Å². The number of Topliss-reactive ketones (excluding diaryl/α,β-unsaturated/α-hetero) is 1. The molecule has 9 heteroatoms. The van der Waals surface area contributed by atoms with Crippen molar-refractivity contribution >= 4 is 11.8 Å². The molecule has 2 aliphatic heterocycles. The molecular formula is C32H37NO8. The zero-order chi connectivity index (χ0) is 29.1. The molecule has 9 nitrogen and oxygen atoms in total. The first-order valence-electron chi connectivity index (χ1n) is 13.9. The van der Waals surface area contributed by atoms with Crippen LogP contribution in [0.3, 0.4) is 0 Å². The van der Waals surface area contributed by atoms with E-state index in [-0.39, 0.29) is 30.8 Å². The Hall–Kier alpha value is -3.98. The minimum absolute atomic E-state index is 0.0506. The molecule has 2 aromatic carbocycles. The highest BCUT2D eigenvalue weighted by molar-refractivity contribution is 6.04. The van der Waals surface area contributed by atoms with Crippen molar-refractivity contribution in [3.8, 4) is 23.0 Å². The van der Waals surface area contributed by atoms with E-state index in [2.05, 4.69) is 5.32 Å². The van der Waals surface area contributed by atoms with E-state index in [1.54, 1.807) is 19.2 Å². The predicted molar refractivity (Wildman–Crippen MR) is 152 cm³/mol. The second-order valence-electron chi connectivity index (χ2n) is 10.5. The molecule has 218 valence electrons. The topological polar surface area (TPSA) is 102 Å². The van der Waals surface area contributed by atoms with Gasteiger partial charge in [-0.25, -0.2) is 4.79 Å². The van der Waals surface area contributed by atoms with Gasteiger partial charge in [0.1, 0.15) is 12.4 Å². The second kappa shape index (κ2) is 12.3. The van der Waals surface area contributed by atoms with Crippen LogP contribution in [-0.4, -0.2) is 59.5 Å². The minimum Gasteiger partial charge on any atom is -0.496 e. The molecule has 0 amide bonds. The molecule has 0 saturated carbocycles. The molecule has 1 aliphatic carbocycles. The summed E-state index contributed by atoms with van der Waals surface area (Å²) < 4.78 is 33.8. The van der Waals surface area contributed by atoms with Crippen molar-refractivity contribution in [3.63, 3.8) is 0 Å². The lowest BCUT2D eigenvalue weighted by atomic mass is 9.71. The van der Waals surface area contributed by atoms with E-state index in [1.165, 1.54) is 21.3 Å². The molecule has 2 aromatic rings. The third-order valence-corrected chi connectivity index (χ3v) is 8.07. The number of ketones is 1. The molecule has 0 bridgehead atoms. The summed E-state index contributed by atoms with van der Waals surface area (Å²) in [6, 6.07) is 11.4. The maximum Gasteiger partial charge on any atom is 0.336 e. The number of rotatable bonds is 9. The van der Waals surface area contributed by atoms with Gasteiger partial charge in [0, 0.05) is 41.8 Å². The summed E-state index contributed by atoms with van der Waals surface area (Å²) in [7, 11) is 6.24. The molecule has 0 spiro atoms. The third-order valence-electron chi connectivity index (χ3n) is 8.07. The van der Waals surface area contributed by atoms with Crippen LogP contribution in [0.15, 0.2) is 58.9 Å². The molecule has 0 unspecified atom stereocenters. The molecule has 1 fully saturated rings. The van der Waals surface area contributed by atoms with Crippen LogP contribution in [-0.2, 0) is 19.1 Å². The quantitative estimate of drug-likeness (QED) is 0.431. The number of hydrogen-bond donors (Lipinski definition) is 1. The number of benzene rings is 2. The van der Waals surface area contributed by atoms with Gasteiger partial charge < -0.3 is 33.7 Å². The van der Waals surface area contributed by atoms with E-state index in [9.17, 15) is 9.59 Å². The summed E-state index contributed by atoms with van der Waals surface area (Å²) in [5.74, 6) is 0.730. The fraction of sp³-hybridized carbons (Fsp3) is 0.438. The van der Waals surface area contributed by atoms with Crippen LogP contribution in [0.5, 0.6) is 23.0 Å². The van der Waals surface area contributed by atoms with Crippen LogP contribution >= 0.6 is 0 Å². The van der Waals surface area contributed by atoms with Crippen molar-refractivity contribution in [2.45, 2.75) is 50.5 Å². The Labute approximate surface area is 240 Å². The van der Waals surface area contributed by atoms with E-state index >= 15 is 0 Å². The lowest BCUT2D eigenvalue weighted by Gasteiger charge is -2.37. The van der Waals surface area contributed by atoms with Crippen molar-refractivity contribution in [3.05, 3.63) is 70.1 Å². The molecule has 3 atom stereocenters. The first kappa shape index (κ1) is 28.5. The van der Waals surface area contributed by atoms with Gasteiger partial charge in [-0.15, -0.1) is 0 Å². The van der Waals surface area contributed by atoms with Gasteiger partial charge in [-0.3, -0.25) is 4.79 Å². The molecule has 1 N–H and O–H groups in total. The van der Waals surface area contributed by atoms with Gasteiger partial charge >= 0.3 is 5.97 Å². The lowest BCUT2D eigenvalue weighted by molar-refractivity contribution is -0.142. The average Bonchev–Trinajstić information content (AvgIpc) is 3.52. The van der Waals surface area contributed by atoms with Gasteiger partial charge in [0.2, 0.25) is 5.75 Å². The van der Waals surface area contributed by atoms with Gasteiger partial charge in [0.15, 0.2) is 17.3 Å². The normalized spacial score (nSPS) is 22.2. The minimum atomic E-state index is -0.692. The van der Waals surface area contributed by atoms with Crippen molar-refractivity contribution in [2.75, 3.05) is 41.7 Å². The predicted octanol–water partition coefficient (Wildman–Crippen LogP) is 4.80. The Bertz CT molecular complexity index is 1360. The largest absolute Gasteiger partial charge is 0.496 e. The number of hydrogen-bond acceptors (Lipinski definition) is 9. The van der Waals surface area contributed by atoms with Gasteiger partial charge in [-0.2, -0.15) is 0 Å². The number of allylic oxidation sites excluding steroid dienone is 3. The van der Waals surface area contributed by atoms with Gasteiger partial charge in [0.05, 0.1) is 40.1 Å². The number of ether oxygens (including phenoxy) is 6. The Kier molecular flexibility index (Phi) is 8.54. The van der Waals surface area contributed by atoms with Crippen molar-refractivity contribution in [1.82, 2.24) is 5.32 Å². The van der Waals surface area contributed by atoms with Crippen molar-refractivity contribution in [2.24, 2.45) is 0 Å². The molecule has 0 aromatic heterocycles. The Morgan fingerprint density at radius 3 is 2.32 bits per heavy atom. The second-order valence-corrected chi connectivity index (χ2v) is 10.5. The summed E-state index contributed by atoms with van der Waals surface area (Å²) in [5.41, 5.74) is 3.98. The van der Waals surface area contributed by atoms with Crippen LogP contribution in [0.4, 0.5) is 0 Å². The molecule has 2 heterocycles. The molecule has 0 radical (unpaired) electrons. The molecule has 5 rings (SSSR count). The molecular weight excluding hydrogens is 526 g/mol. The van der Waals surface area contributed by atoms with Crippen molar-refractivity contribution in [1.29, 1.82) is 0 Å². The Balaban J connectivity index is 1.59. The van der Waals surface area contributed by atoms with Crippen LogP contribution in [0.2, 0.25) is 0 Å². The standard InChI is InChI=1S/C32H37NO8/c1-18-28(32(35)41-17-21-9-8-12-40-21)29(20-15-26(37-3)31(39-5)27(16-20)38-4)30-23(33-18)13-19(14-24(30)34)22-10-6-7-11-25(22)36-2/h6-7,10-11,15-16,19,21,29,33H,8-9,12-14,17H2,1-5H3/t19-,21+,29-/m0/s1. The smallest absolute Gasteiger partial charge is 0.336 e. The number of carbonyl (C=O) groups is 2. The highest BCUT2D eigenvalue weighted by Crippen LogP contribution is 2.49. The summed E-state index contributed by atoms with van der Waals surface area (Å²) in [5, 5.41) is 3.40. The lowest BCUT2D eigenvalue weighted by Crippen LogP contribution is -2.36. The Morgan fingerprint density at radius 1 is 0.976 bits per heavy atom. The summed E-state index contributed by atoms with van der Waals surface area (Å²) >= 11 is 0. The SMILES string of the molecule is COc1ccccc1[C@@H]1CC(=O)C2=C(C1)NC(C)=C(C(=O)OC[C@H]1CCCO1)[C@@H]2c1cc(OC)c(OC)c(OC)c1. The highest BCUT2D eigenvalue weighted by Gasteiger charge is 2.42. The van der Waals surface area contributed by atoms with Crippen molar-refractivity contribution < 1.29 is 38.0 Å². The fourth-order valence-electron chi connectivity index (χ4n) is 6.16. The van der Waals surface area contributed by atoms with E-state index in [0.717, 1.165) is 29.9 Å². The number of methoxy groups -OCH3 is 4. The maximum atomic E-state index is 14.0. The fourth-order valence-corrected chi connectivity index (χ4v) is 6.16. The first-order valence-corrected chi connectivity index (χ1v) is 13.9. The third kappa shape index (κ3) is 5.51. The number of esters is 1. The van der Waals surface area contributed by atoms with Crippen LogP contribution in [0.25, 0.3) is 0 Å². The van der Waals surface area contributed by atoms with E-state index in [0.29, 0.717) is 52.7 Å². The summed E-state index contributed by atoms with van der Waals surface area (Å²) in [6.45, 7) is 2.67. The number of para-hydroxylation sites is 1.